The molecule has 1 aliphatic carbocycles. The van der Waals surface area contributed by atoms with E-state index < -0.39 is 10.8 Å². The van der Waals surface area contributed by atoms with Gasteiger partial charge in [0.15, 0.2) is 5.78 Å². The van der Waals surface area contributed by atoms with E-state index in [0.29, 0.717) is 41.1 Å². The maximum atomic E-state index is 12.3. The van der Waals surface area contributed by atoms with Gasteiger partial charge in [-0.15, -0.1) is 0 Å². The molecule has 1 heterocycles. The number of Topliss-reactive ketones (excluding diaryl/α,β-unsaturated/α-hetero) is 1. The van der Waals surface area contributed by atoms with Crippen LogP contribution in [0.25, 0.3) is 0 Å². The number of hydrogen-bond donors (Lipinski definition) is 1. The summed E-state index contributed by atoms with van der Waals surface area (Å²) in [7, 11) is 0. The van der Waals surface area contributed by atoms with Crippen molar-refractivity contribution in [2.24, 2.45) is 0 Å². The van der Waals surface area contributed by atoms with Crippen molar-refractivity contribution < 1.29 is 14.5 Å². The molecule has 0 spiro atoms. The average molecular weight is 321 g/mol. The van der Waals surface area contributed by atoms with Crippen LogP contribution in [-0.4, -0.2) is 16.6 Å². The number of nitrogens with zero attached hydrogens (tertiary/aromatic N) is 1. The predicted molar refractivity (Wildman–Crippen MR) is 79.5 cm³/mol. The summed E-state index contributed by atoms with van der Waals surface area (Å²) in [6, 6.07) is 4.11. The molecule has 1 aromatic carbocycles. The number of carbonyl (C=O) groups is 2. The highest BCUT2D eigenvalue weighted by molar-refractivity contribution is 6.31. The van der Waals surface area contributed by atoms with Crippen molar-refractivity contribution in [2.75, 3.05) is 0 Å². The maximum absolute atomic E-state index is 12.3. The number of nitro benzene ring substituents is 1. The van der Waals surface area contributed by atoms with Crippen LogP contribution in [0.5, 0.6) is 0 Å². The molecule has 0 unspecified atom stereocenters. The summed E-state index contributed by atoms with van der Waals surface area (Å²) in [6.45, 7) is 0. The van der Waals surface area contributed by atoms with E-state index in [0.717, 1.165) is 0 Å². The quantitative estimate of drug-likeness (QED) is 0.670. The Labute approximate surface area is 131 Å². The zero-order valence-electron chi connectivity index (χ0n) is 11.6. The van der Waals surface area contributed by atoms with Gasteiger partial charge >= 0.3 is 0 Å². The van der Waals surface area contributed by atoms with Crippen LogP contribution in [0.4, 0.5) is 5.69 Å². The number of allylic oxidation sites excluding steroid dienone is 2. The minimum atomic E-state index is -0.513. The first kappa shape index (κ1) is 14.7. The highest BCUT2D eigenvalue weighted by atomic mass is 35.5. The Morgan fingerprint density at radius 2 is 2.05 bits per heavy atom. The number of halogens is 1. The van der Waals surface area contributed by atoms with Gasteiger partial charge in [-0.25, -0.2) is 0 Å². The molecule has 2 aliphatic rings. The smallest absolute Gasteiger partial charge is 0.269 e. The highest BCUT2D eigenvalue weighted by Gasteiger charge is 2.36. The van der Waals surface area contributed by atoms with Crippen molar-refractivity contribution >= 4 is 29.0 Å². The van der Waals surface area contributed by atoms with E-state index in [1.165, 1.54) is 18.2 Å². The summed E-state index contributed by atoms with van der Waals surface area (Å²) in [6.07, 6.45) is 1.84. The van der Waals surface area contributed by atoms with E-state index in [-0.39, 0.29) is 23.8 Å². The molecule has 1 aliphatic heterocycles. The van der Waals surface area contributed by atoms with Crippen LogP contribution >= 0.6 is 11.6 Å². The third-order valence-electron chi connectivity index (χ3n) is 4.05. The lowest BCUT2D eigenvalue weighted by Crippen LogP contribution is -2.36. The molecular formula is C15H13ClN2O4. The number of hydrogen-bond acceptors (Lipinski definition) is 4. The van der Waals surface area contributed by atoms with E-state index in [9.17, 15) is 19.7 Å². The van der Waals surface area contributed by atoms with Crippen molar-refractivity contribution in [1.29, 1.82) is 0 Å². The summed E-state index contributed by atoms with van der Waals surface area (Å²) in [5, 5.41) is 14.0. The lowest BCUT2D eigenvalue weighted by molar-refractivity contribution is -0.384. The van der Waals surface area contributed by atoms with Gasteiger partial charge < -0.3 is 5.32 Å². The Bertz CT molecular complexity index is 726. The van der Waals surface area contributed by atoms with Crippen molar-refractivity contribution in [2.45, 2.75) is 31.6 Å². The van der Waals surface area contributed by atoms with E-state index >= 15 is 0 Å². The first-order valence-corrected chi connectivity index (χ1v) is 7.35. The Hall–Kier alpha value is -2.21. The van der Waals surface area contributed by atoms with E-state index in [2.05, 4.69) is 5.32 Å². The maximum Gasteiger partial charge on any atom is 0.269 e. The number of rotatable bonds is 2. The van der Waals surface area contributed by atoms with Gasteiger partial charge in [-0.1, -0.05) is 11.6 Å². The zero-order chi connectivity index (χ0) is 15.9. The van der Waals surface area contributed by atoms with Crippen LogP contribution in [-0.2, 0) is 9.59 Å². The third kappa shape index (κ3) is 2.50. The highest BCUT2D eigenvalue weighted by Crippen LogP contribution is 2.41. The number of benzene rings is 1. The fourth-order valence-corrected chi connectivity index (χ4v) is 3.33. The van der Waals surface area contributed by atoms with Gasteiger partial charge in [0.1, 0.15) is 0 Å². The molecule has 7 heteroatoms. The molecule has 3 rings (SSSR count). The van der Waals surface area contributed by atoms with Crippen molar-refractivity contribution in [3.8, 4) is 0 Å². The number of ketones is 1. The van der Waals surface area contributed by atoms with Crippen LogP contribution < -0.4 is 5.32 Å². The fraction of sp³-hybridized carbons (Fsp3) is 0.333. The number of carbonyl (C=O) groups excluding carboxylic acids is 2. The molecule has 22 heavy (non-hydrogen) atoms. The first-order valence-electron chi connectivity index (χ1n) is 6.97. The molecule has 0 saturated carbocycles. The van der Waals surface area contributed by atoms with Gasteiger partial charge in [0.2, 0.25) is 5.91 Å². The third-order valence-corrected chi connectivity index (χ3v) is 4.39. The summed E-state index contributed by atoms with van der Waals surface area (Å²) in [5.74, 6) is -0.723. The second-order valence-corrected chi connectivity index (χ2v) is 5.84. The first-order chi connectivity index (χ1) is 10.5. The number of nitrogens with one attached hydrogen (secondary N) is 1. The van der Waals surface area contributed by atoms with Gasteiger partial charge in [-0.05, 0) is 24.5 Å². The largest absolute Gasteiger partial charge is 0.329 e. The molecule has 1 atom stereocenters. The van der Waals surface area contributed by atoms with E-state index in [1.54, 1.807) is 0 Å². The monoisotopic (exact) mass is 320 g/mol. The Kier molecular flexibility index (Phi) is 3.70. The minimum absolute atomic E-state index is 0.0196. The molecule has 114 valence electrons. The number of amides is 1. The van der Waals surface area contributed by atoms with E-state index in [1.807, 2.05) is 0 Å². The molecule has 1 N–H and O–H groups in total. The Morgan fingerprint density at radius 1 is 1.27 bits per heavy atom. The van der Waals surface area contributed by atoms with Crippen molar-refractivity contribution in [1.82, 2.24) is 5.32 Å². The van der Waals surface area contributed by atoms with Gasteiger partial charge in [-0.2, -0.15) is 0 Å². The lowest BCUT2D eigenvalue weighted by Gasteiger charge is -2.31. The van der Waals surface area contributed by atoms with Crippen LogP contribution in [0.2, 0.25) is 5.02 Å². The van der Waals surface area contributed by atoms with Crippen LogP contribution in [0.15, 0.2) is 29.5 Å². The molecule has 0 bridgehead atoms. The van der Waals surface area contributed by atoms with Crippen LogP contribution in [0.3, 0.4) is 0 Å². The summed E-state index contributed by atoms with van der Waals surface area (Å²) >= 11 is 6.17. The molecule has 1 amide bonds. The zero-order valence-corrected chi connectivity index (χ0v) is 12.4. The number of nitro groups is 1. The Balaban J connectivity index is 2.13. The minimum Gasteiger partial charge on any atom is -0.329 e. The molecule has 1 aromatic rings. The number of non-ortho nitro benzene ring substituents is 1. The van der Waals surface area contributed by atoms with Gasteiger partial charge in [0.05, 0.1) is 4.92 Å². The molecule has 6 nitrogen and oxygen atoms in total. The lowest BCUT2D eigenvalue weighted by atomic mass is 9.78. The van der Waals surface area contributed by atoms with Gasteiger partial charge in [0.25, 0.3) is 5.69 Å². The summed E-state index contributed by atoms with van der Waals surface area (Å²) in [5.41, 5.74) is 1.55. The van der Waals surface area contributed by atoms with Gasteiger partial charge in [-0.3, -0.25) is 19.7 Å². The molecule has 0 saturated heterocycles. The van der Waals surface area contributed by atoms with E-state index in [4.69, 9.17) is 11.6 Å². The SMILES string of the molecule is O=C1C[C@@H](c2cc([N+](=O)[O-])ccc2Cl)C2=C(CCCC2=O)N1. The van der Waals surface area contributed by atoms with Crippen molar-refractivity contribution in [3.63, 3.8) is 0 Å². The average Bonchev–Trinajstić information content (AvgIpc) is 2.46. The second kappa shape index (κ2) is 5.53. The molecule has 0 radical (unpaired) electrons. The second-order valence-electron chi connectivity index (χ2n) is 5.44. The van der Waals surface area contributed by atoms with Crippen LogP contribution in [0, 0.1) is 10.1 Å². The standard InChI is InChI=1S/C15H13ClN2O4/c16-11-5-4-8(18(21)22)6-9(11)10-7-14(20)17-12-2-1-3-13(19)15(10)12/h4-6,10H,1-3,7H2,(H,17,20)/t10-/m0/s1. The Morgan fingerprint density at radius 3 is 2.77 bits per heavy atom. The summed E-state index contributed by atoms with van der Waals surface area (Å²) < 4.78 is 0. The predicted octanol–water partition coefficient (Wildman–Crippen LogP) is 2.86. The van der Waals surface area contributed by atoms with Crippen LogP contribution in [0.1, 0.15) is 37.2 Å². The molecule has 0 fully saturated rings. The van der Waals surface area contributed by atoms with Crippen molar-refractivity contribution in [3.05, 3.63) is 50.2 Å². The molecule has 0 aromatic heterocycles. The fourth-order valence-electron chi connectivity index (χ4n) is 3.08. The normalized spacial score (nSPS) is 21.4. The van der Waals surface area contributed by atoms with Gasteiger partial charge in [0, 0.05) is 47.2 Å². The summed E-state index contributed by atoms with van der Waals surface area (Å²) in [4.78, 5) is 34.6. The molecular weight excluding hydrogens is 308 g/mol. The topological polar surface area (TPSA) is 89.3 Å².